The molecule has 49 heavy (non-hydrogen) atoms. The van der Waals surface area contributed by atoms with Gasteiger partial charge in [0.2, 0.25) is 0 Å². The summed E-state index contributed by atoms with van der Waals surface area (Å²) in [7, 11) is 0. The smallest absolute Gasteiger partial charge is 0.252 e. The maximum Gasteiger partial charge on any atom is 0.252 e. The summed E-state index contributed by atoms with van der Waals surface area (Å²) in [6.07, 6.45) is 0. The van der Waals surface area contributed by atoms with Gasteiger partial charge in [0, 0.05) is 34.1 Å². The molecular formula is C46H37BN2. The summed E-state index contributed by atoms with van der Waals surface area (Å²) in [5.74, 6) is 0. The lowest BCUT2D eigenvalue weighted by atomic mass is 9.33. The van der Waals surface area contributed by atoms with E-state index in [1.54, 1.807) is 0 Å². The molecule has 0 saturated carbocycles. The van der Waals surface area contributed by atoms with Crippen LogP contribution in [-0.4, -0.2) is 6.71 Å². The molecule has 3 heteroatoms. The van der Waals surface area contributed by atoms with Crippen LogP contribution in [0.2, 0.25) is 0 Å². The Labute approximate surface area is 290 Å². The van der Waals surface area contributed by atoms with E-state index in [0.717, 1.165) is 5.69 Å². The van der Waals surface area contributed by atoms with E-state index in [0.29, 0.717) is 0 Å². The molecule has 0 atom stereocenters. The van der Waals surface area contributed by atoms with E-state index in [-0.39, 0.29) is 12.1 Å². The number of hydrogen-bond acceptors (Lipinski definition) is 2. The molecule has 2 aliphatic heterocycles. The first-order valence-corrected chi connectivity index (χ1v) is 17.2. The molecule has 2 aliphatic rings. The van der Waals surface area contributed by atoms with Crippen LogP contribution in [0.1, 0.15) is 26.3 Å². The fraction of sp³-hybridized carbons (Fsp3) is 0.0870. The Morgan fingerprint density at radius 2 is 0.857 bits per heavy atom. The molecule has 2 heterocycles. The lowest BCUT2D eigenvalue weighted by Crippen LogP contribution is -2.61. The Balaban J connectivity index is 1.28. The molecule has 234 valence electrons. The second kappa shape index (κ2) is 11.4. The normalized spacial score (nSPS) is 13.1. The number of nitrogens with zero attached hydrogens (tertiary/aromatic N) is 2. The minimum absolute atomic E-state index is 0.0889. The molecule has 0 amide bonds. The molecule has 0 aliphatic carbocycles. The zero-order valence-electron chi connectivity index (χ0n) is 28.1. The molecule has 0 bridgehead atoms. The van der Waals surface area contributed by atoms with E-state index in [9.17, 15) is 0 Å². The van der Waals surface area contributed by atoms with Crippen molar-refractivity contribution in [2.75, 3.05) is 9.80 Å². The van der Waals surface area contributed by atoms with Gasteiger partial charge in [-0.05, 0) is 98.2 Å². The van der Waals surface area contributed by atoms with Crippen LogP contribution in [0.5, 0.6) is 0 Å². The minimum atomic E-state index is 0.0889. The second-order valence-electron chi connectivity index (χ2n) is 14.2. The Hall–Kier alpha value is -5.80. The number of fused-ring (bicyclic) bond motifs is 4. The van der Waals surface area contributed by atoms with Gasteiger partial charge in [-0.15, -0.1) is 0 Å². The average molecular weight is 629 g/mol. The number of hydrogen-bond donors (Lipinski definition) is 0. The van der Waals surface area contributed by atoms with Crippen molar-refractivity contribution in [2.24, 2.45) is 0 Å². The number of benzene rings is 7. The molecular weight excluding hydrogens is 591 g/mol. The third kappa shape index (κ3) is 4.88. The summed E-state index contributed by atoms with van der Waals surface area (Å²) in [6.45, 7) is 6.92. The predicted octanol–water partition coefficient (Wildman–Crippen LogP) is 10.4. The van der Waals surface area contributed by atoms with E-state index in [2.05, 4.69) is 200 Å². The molecule has 0 N–H and O–H groups in total. The third-order valence-corrected chi connectivity index (χ3v) is 10.2. The minimum Gasteiger partial charge on any atom is -0.311 e. The highest BCUT2D eigenvalue weighted by molar-refractivity contribution is 7.00. The number of para-hydroxylation sites is 1. The Kier molecular flexibility index (Phi) is 6.84. The highest BCUT2D eigenvalue weighted by Crippen LogP contribution is 2.44. The topological polar surface area (TPSA) is 6.48 Å². The fourth-order valence-electron chi connectivity index (χ4n) is 7.80. The van der Waals surface area contributed by atoms with Gasteiger partial charge in [-0.3, -0.25) is 0 Å². The molecule has 0 aromatic heterocycles. The summed E-state index contributed by atoms with van der Waals surface area (Å²) >= 11 is 0. The number of rotatable bonds is 4. The first-order valence-electron chi connectivity index (χ1n) is 17.2. The first-order chi connectivity index (χ1) is 24.0. The Morgan fingerprint density at radius 3 is 1.47 bits per heavy atom. The van der Waals surface area contributed by atoms with Crippen molar-refractivity contribution in [2.45, 2.75) is 26.2 Å². The van der Waals surface area contributed by atoms with Gasteiger partial charge in [-0.25, -0.2) is 0 Å². The molecule has 9 rings (SSSR count). The van der Waals surface area contributed by atoms with E-state index < -0.39 is 0 Å². The summed E-state index contributed by atoms with van der Waals surface area (Å²) in [5, 5.41) is 0. The highest BCUT2D eigenvalue weighted by atomic mass is 15.2. The van der Waals surface area contributed by atoms with Gasteiger partial charge in [-0.1, -0.05) is 142 Å². The van der Waals surface area contributed by atoms with Crippen LogP contribution in [0.25, 0.3) is 22.3 Å². The highest BCUT2D eigenvalue weighted by Gasteiger charge is 2.43. The molecule has 0 saturated heterocycles. The quantitative estimate of drug-likeness (QED) is 0.179. The second-order valence-corrected chi connectivity index (χ2v) is 14.2. The third-order valence-electron chi connectivity index (χ3n) is 10.2. The molecule has 0 fully saturated rings. The molecule has 7 aromatic carbocycles. The molecule has 7 aromatic rings. The molecule has 2 nitrogen and oxygen atoms in total. The van der Waals surface area contributed by atoms with Gasteiger partial charge in [0.15, 0.2) is 0 Å². The summed E-state index contributed by atoms with van der Waals surface area (Å²) in [5.41, 5.74) is 17.6. The largest absolute Gasteiger partial charge is 0.311 e. The van der Waals surface area contributed by atoms with E-state index >= 15 is 0 Å². The van der Waals surface area contributed by atoms with Gasteiger partial charge in [0.05, 0.1) is 0 Å². The van der Waals surface area contributed by atoms with Gasteiger partial charge < -0.3 is 9.80 Å². The van der Waals surface area contributed by atoms with Crippen LogP contribution >= 0.6 is 0 Å². The van der Waals surface area contributed by atoms with Crippen LogP contribution < -0.4 is 26.2 Å². The zero-order valence-corrected chi connectivity index (χ0v) is 28.1. The Morgan fingerprint density at radius 1 is 0.388 bits per heavy atom. The van der Waals surface area contributed by atoms with Gasteiger partial charge >= 0.3 is 0 Å². The van der Waals surface area contributed by atoms with Gasteiger partial charge in [0.1, 0.15) is 0 Å². The van der Waals surface area contributed by atoms with Crippen LogP contribution in [0.3, 0.4) is 0 Å². The van der Waals surface area contributed by atoms with Crippen molar-refractivity contribution in [3.63, 3.8) is 0 Å². The SMILES string of the molecule is CC(C)(C)c1ccc(N2c3ccccc3B3c4cc(-c5ccccc5)ccc4N(c4ccc(-c5ccccc5)cc4)c4cccc2c43)cc1. The molecule has 0 unspecified atom stereocenters. The number of anilines is 6. The maximum atomic E-state index is 2.48. The van der Waals surface area contributed by atoms with E-state index in [1.165, 1.54) is 72.6 Å². The summed E-state index contributed by atoms with van der Waals surface area (Å²) in [4.78, 5) is 4.95. The zero-order chi connectivity index (χ0) is 33.1. The molecule has 0 radical (unpaired) electrons. The van der Waals surface area contributed by atoms with Crippen LogP contribution in [-0.2, 0) is 5.41 Å². The monoisotopic (exact) mass is 628 g/mol. The van der Waals surface area contributed by atoms with Crippen molar-refractivity contribution in [3.05, 3.63) is 175 Å². The van der Waals surface area contributed by atoms with Crippen LogP contribution in [0, 0.1) is 0 Å². The maximum absolute atomic E-state index is 2.48. The van der Waals surface area contributed by atoms with E-state index in [4.69, 9.17) is 0 Å². The lowest BCUT2D eigenvalue weighted by Gasteiger charge is -2.44. The fourth-order valence-corrected chi connectivity index (χ4v) is 7.80. The van der Waals surface area contributed by atoms with Crippen molar-refractivity contribution in [1.82, 2.24) is 0 Å². The summed E-state index contributed by atoms with van der Waals surface area (Å²) in [6, 6.07) is 62.5. The lowest BCUT2D eigenvalue weighted by molar-refractivity contribution is 0.590. The summed E-state index contributed by atoms with van der Waals surface area (Å²) < 4.78 is 0. The van der Waals surface area contributed by atoms with Crippen molar-refractivity contribution >= 4 is 57.2 Å². The van der Waals surface area contributed by atoms with Gasteiger partial charge in [0.25, 0.3) is 6.71 Å². The van der Waals surface area contributed by atoms with Crippen LogP contribution in [0.15, 0.2) is 170 Å². The van der Waals surface area contributed by atoms with Crippen molar-refractivity contribution in [1.29, 1.82) is 0 Å². The van der Waals surface area contributed by atoms with E-state index in [1.807, 2.05) is 0 Å². The predicted molar refractivity (Wildman–Crippen MR) is 210 cm³/mol. The van der Waals surface area contributed by atoms with Crippen LogP contribution in [0.4, 0.5) is 34.1 Å². The van der Waals surface area contributed by atoms with Crippen molar-refractivity contribution < 1.29 is 0 Å². The van der Waals surface area contributed by atoms with Crippen molar-refractivity contribution in [3.8, 4) is 22.3 Å². The van der Waals surface area contributed by atoms with Gasteiger partial charge in [-0.2, -0.15) is 0 Å². The Bertz CT molecular complexity index is 2300. The molecule has 0 spiro atoms. The first kappa shape index (κ1) is 29.4. The average Bonchev–Trinajstić information content (AvgIpc) is 3.15. The standard InChI is InChI=1S/C46H37BN2/c1-46(2,3)36-24-28-38(29-25-36)48-41-18-11-10-17-39(41)47-40-31-35(33-15-8-5-9-16-33)23-30-42(40)49(44-20-12-19-43(48)45(44)47)37-26-21-34(22-27-37)32-13-6-4-7-14-32/h4-31H,1-3H3.